The van der Waals surface area contributed by atoms with Gasteiger partial charge in [0.1, 0.15) is 0 Å². The van der Waals surface area contributed by atoms with Crippen LogP contribution >= 0.6 is 0 Å². The Morgan fingerprint density at radius 3 is 2.60 bits per heavy atom. The molecule has 0 aliphatic rings. The maximum atomic E-state index is 11.8. The predicted molar refractivity (Wildman–Crippen MR) is 63.2 cm³/mol. The fraction of sp³-hybridized carbons (Fsp3) is 0.750. The lowest BCUT2D eigenvalue weighted by Crippen LogP contribution is -2.54. The Labute approximate surface area is 92.8 Å². The molecule has 0 bridgehead atoms. The van der Waals surface area contributed by atoms with Crippen molar-refractivity contribution in [3.05, 3.63) is 0 Å². The second-order valence-electron chi connectivity index (χ2n) is 4.15. The molecule has 0 aromatic heterocycles. The second-order valence-corrected chi connectivity index (χ2v) is 4.15. The number of rotatable bonds is 6. The van der Waals surface area contributed by atoms with Crippen LogP contribution in [0.2, 0.25) is 0 Å². The summed E-state index contributed by atoms with van der Waals surface area (Å²) in [6.07, 6.45) is 8.19. The molecule has 15 heavy (non-hydrogen) atoms. The van der Waals surface area contributed by atoms with E-state index >= 15 is 0 Å². The highest BCUT2D eigenvalue weighted by Gasteiger charge is 2.28. The maximum Gasteiger partial charge on any atom is 0.240 e. The van der Waals surface area contributed by atoms with Crippen molar-refractivity contribution in [2.75, 3.05) is 0 Å². The molecule has 0 radical (unpaired) electrons. The Kier molecular flexibility index (Phi) is 6.03. The van der Waals surface area contributed by atoms with Gasteiger partial charge in [0.05, 0.1) is 5.54 Å². The maximum absolute atomic E-state index is 11.8. The van der Waals surface area contributed by atoms with Gasteiger partial charge in [-0.05, 0) is 19.8 Å². The second kappa shape index (κ2) is 6.47. The van der Waals surface area contributed by atoms with Crippen LogP contribution in [0.25, 0.3) is 0 Å². The van der Waals surface area contributed by atoms with Crippen molar-refractivity contribution in [2.45, 2.75) is 58.0 Å². The highest BCUT2D eigenvalue weighted by Crippen LogP contribution is 2.09. The fourth-order valence-corrected chi connectivity index (χ4v) is 1.42. The molecule has 0 aromatic carbocycles. The third-order valence-corrected chi connectivity index (χ3v) is 2.48. The molecule has 2 unspecified atom stereocenters. The molecule has 0 fully saturated rings. The van der Waals surface area contributed by atoms with Gasteiger partial charge >= 0.3 is 0 Å². The first-order chi connectivity index (χ1) is 6.97. The lowest BCUT2D eigenvalue weighted by Gasteiger charge is -2.25. The van der Waals surface area contributed by atoms with E-state index in [4.69, 9.17) is 12.2 Å². The van der Waals surface area contributed by atoms with Crippen LogP contribution in [0.15, 0.2) is 0 Å². The summed E-state index contributed by atoms with van der Waals surface area (Å²) in [4.78, 5) is 11.8. The number of hydrogen-bond donors (Lipinski definition) is 2. The van der Waals surface area contributed by atoms with Gasteiger partial charge in [-0.3, -0.25) is 4.79 Å². The van der Waals surface area contributed by atoms with Crippen LogP contribution < -0.4 is 11.1 Å². The first-order valence-electron chi connectivity index (χ1n) is 5.51. The molecule has 0 saturated carbocycles. The molecule has 1 amide bonds. The van der Waals surface area contributed by atoms with E-state index in [1.165, 1.54) is 0 Å². The largest absolute Gasteiger partial charge is 0.351 e. The molecule has 3 nitrogen and oxygen atoms in total. The van der Waals surface area contributed by atoms with Gasteiger partial charge in [-0.2, -0.15) is 0 Å². The summed E-state index contributed by atoms with van der Waals surface area (Å²) < 4.78 is 0. The Bertz CT molecular complexity index is 240. The minimum Gasteiger partial charge on any atom is -0.351 e. The molecule has 3 heteroatoms. The van der Waals surface area contributed by atoms with E-state index in [2.05, 4.69) is 11.2 Å². The summed E-state index contributed by atoms with van der Waals surface area (Å²) in [7, 11) is 0. The minimum atomic E-state index is -0.781. The molecular formula is C12H22N2O. The molecular weight excluding hydrogens is 188 g/mol. The smallest absolute Gasteiger partial charge is 0.240 e. The molecule has 0 aromatic rings. The Balaban J connectivity index is 4.27. The molecule has 0 heterocycles. The van der Waals surface area contributed by atoms with Gasteiger partial charge in [-0.1, -0.05) is 20.3 Å². The zero-order chi connectivity index (χ0) is 11.9. The molecule has 0 aliphatic heterocycles. The first-order valence-corrected chi connectivity index (χ1v) is 5.51. The number of nitrogens with one attached hydrogen (secondary N) is 1. The summed E-state index contributed by atoms with van der Waals surface area (Å²) in [5.74, 6) is 2.45. The van der Waals surface area contributed by atoms with Gasteiger partial charge in [0, 0.05) is 12.5 Å². The van der Waals surface area contributed by atoms with Crippen molar-refractivity contribution >= 4 is 5.91 Å². The number of amides is 1. The van der Waals surface area contributed by atoms with Crippen molar-refractivity contribution in [2.24, 2.45) is 5.73 Å². The minimum absolute atomic E-state index is 0.0437. The third-order valence-electron chi connectivity index (χ3n) is 2.48. The number of hydrogen-bond acceptors (Lipinski definition) is 2. The van der Waals surface area contributed by atoms with E-state index in [-0.39, 0.29) is 11.9 Å². The van der Waals surface area contributed by atoms with Crippen LogP contribution in [0.3, 0.4) is 0 Å². The lowest BCUT2D eigenvalue weighted by atomic mass is 9.95. The van der Waals surface area contributed by atoms with Gasteiger partial charge < -0.3 is 11.1 Å². The number of terminal acetylenes is 1. The Morgan fingerprint density at radius 2 is 2.20 bits per heavy atom. The van der Waals surface area contributed by atoms with Gasteiger partial charge in [0.25, 0.3) is 0 Å². The van der Waals surface area contributed by atoms with Crippen LogP contribution in [-0.4, -0.2) is 17.5 Å². The standard InChI is InChI=1S/C12H22N2O/c1-5-8-10(7-3)14-11(15)12(4,13)9-6-2/h1,10H,6-9,13H2,2-4H3,(H,14,15). The molecule has 86 valence electrons. The summed E-state index contributed by atoms with van der Waals surface area (Å²) in [6, 6.07) is 0.0437. The topological polar surface area (TPSA) is 55.1 Å². The van der Waals surface area contributed by atoms with E-state index in [0.29, 0.717) is 12.8 Å². The summed E-state index contributed by atoms with van der Waals surface area (Å²) in [6.45, 7) is 5.77. The van der Waals surface area contributed by atoms with Crippen molar-refractivity contribution in [1.29, 1.82) is 0 Å². The van der Waals surface area contributed by atoms with Crippen LogP contribution in [0.5, 0.6) is 0 Å². The quantitative estimate of drug-likeness (QED) is 0.651. The van der Waals surface area contributed by atoms with Crippen LogP contribution in [0.1, 0.15) is 46.5 Å². The molecule has 3 N–H and O–H groups in total. The van der Waals surface area contributed by atoms with Crippen LogP contribution in [0.4, 0.5) is 0 Å². The van der Waals surface area contributed by atoms with Crippen LogP contribution in [0, 0.1) is 12.3 Å². The predicted octanol–water partition coefficient (Wildman–Crippen LogP) is 1.42. The normalized spacial score (nSPS) is 16.2. The number of carbonyl (C=O) groups is 1. The molecule has 0 spiro atoms. The monoisotopic (exact) mass is 210 g/mol. The molecule has 0 saturated heterocycles. The highest BCUT2D eigenvalue weighted by atomic mass is 16.2. The van der Waals surface area contributed by atoms with E-state index < -0.39 is 5.54 Å². The van der Waals surface area contributed by atoms with Crippen molar-refractivity contribution < 1.29 is 4.79 Å². The summed E-state index contributed by atoms with van der Waals surface area (Å²) in [5.41, 5.74) is 5.13. The average molecular weight is 210 g/mol. The van der Waals surface area contributed by atoms with Crippen molar-refractivity contribution in [3.63, 3.8) is 0 Å². The zero-order valence-corrected chi connectivity index (χ0v) is 9.97. The number of carbonyl (C=O) groups excluding carboxylic acids is 1. The SMILES string of the molecule is C#CCC(CC)NC(=O)C(C)(N)CCC. The third kappa shape index (κ3) is 4.85. The molecule has 0 rings (SSSR count). The summed E-state index contributed by atoms with van der Waals surface area (Å²) >= 11 is 0. The van der Waals surface area contributed by atoms with Crippen molar-refractivity contribution in [1.82, 2.24) is 5.32 Å². The van der Waals surface area contributed by atoms with E-state index in [0.717, 1.165) is 12.8 Å². The first kappa shape index (κ1) is 14.0. The van der Waals surface area contributed by atoms with Crippen molar-refractivity contribution in [3.8, 4) is 12.3 Å². The fourth-order valence-electron chi connectivity index (χ4n) is 1.42. The van der Waals surface area contributed by atoms with E-state index in [9.17, 15) is 4.79 Å². The molecule has 2 atom stereocenters. The highest BCUT2D eigenvalue weighted by molar-refractivity contribution is 5.85. The van der Waals surface area contributed by atoms with Gasteiger partial charge in [0.15, 0.2) is 0 Å². The van der Waals surface area contributed by atoms with Gasteiger partial charge in [0.2, 0.25) is 5.91 Å². The van der Waals surface area contributed by atoms with E-state index in [1.807, 2.05) is 13.8 Å². The lowest BCUT2D eigenvalue weighted by molar-refractivity contribution is -0.126. The van der Waals surface area contributed by atoms with Gasteiger partial charge in [-0.15, -0.1) is 12.3 Å². The zero-order valence-electron chi connectivity index (χ0n) is 9.97. The Morgan fingerprint density at radius 1 is 1.60 bits per heavy atom. The van der Waals surface area contributed by atoms with Crippen LogP contribution in [-0.2, 0) is 4.79 Å². The number of nitrogens with two attached hydrogens (primary N) is 1. The Hall–Kier alpha value is -1.01. The van der Waals surface area contributed by atoms with E-state index in [1.54, 1.807) is 6.92 Å². The molecule has 0 aliphatic carbocycles. The summed E-state index contributed by atoms with van der Waals surface area (Å²) in [5, 5.41) is 2.89. The average Bonchev–Trinajstić information content (AvgIpc) is 2.16. The van der Waals surface area contributed by atoms with Gasteiger partial charge in [-0.25, -0.2) is 0 Å².